The van der Waals surface area contributed by atoms with E-state index in [2.05, 4.69) is 74.7 Å². The zero-order valence-electron chi connectivity index (χ0n) is 16.9. The Bertz CT molecular complexity index is 1190. The quantitative estimate of drug-likeness (QED) is 0.493. The van der Waals surface area contributed by atoms with Crippen LogP contribution in [0.15, 0.2) is 54.6 Å². The maximum atomic E-state index is 12.1. The Balaban J connectivity index is 2.08. The monoisotopic (exact) mass is 370 g/mol. The molecule has 0 aliphatic rings. The number of hydrogen-bond donors (Lipinski definition) is 1. The van der Waals surface area contributed by atoms with Crippen molar-refractivity contribution >= 4 is 27.7 Å². The molecular formula is C25H26N2O. The second kappa shape index (κ2) is 6.83. The first-order valence-corrected chi connectivity index (χ1v) is 9.78. The molecule has 0 atom stereocenters. The number of rotatable bonds is 4. The molecule has 4 aromatic rings. The van der Waals surface area contributed by atoms with Crippen molar-refractivity contribution in [2.45, 2.75) is 40.2 Å². The number of nitrogens with zero attached hydrogens (tertiary/aromatic N) is 1. The summed E-state index contributed by atoms with van der Waals surface area (Å²) in [6.07, 6.45) is 0. The lowest BCUT2D eigenvalue weighted by molar-refractivity contribution is 0.100. The number of nitrogens with two attached hydrogens (primary N) is 1. The van der Waals surface area contributed by atoms with Crippen molar-refractivity contribution in [1.82, 2.24) is 4.57 Å². The molecule has 0 aliphatic carbocycles. The summed E-state index contributed by atoms with van der Waals surface area (Å²) in [5, 5.41) is 2.03. The Kier molecular flexibility index (Phi) is 4.46. The fourth-order valence-electron chi connectivity index (χ4n) is 4.15. The molecule has 3 nitrogen and oxygen atoms in total. The third-order valence-electron chi connectivity index (χ3n) is 5.81. The predicted octanol–water partition coefficient (Wildman–Crippen LogP) is 5.68. The molecular weight excluding hydrogens is 344 g/mol. The van der Waals surface area contributed by atoms with E-state index in [1.54, 1.807) is 0 Å². The van der Waals surface area contributed by atoms with Gasteiger partial charge in [-0.1, -0.05) is 50.2 Å². The minimum Gasteiger partial charge on any atom is -0.366 e. The van der Waals surface area contributed by atoms with Crippen molar-refractivity contribution in [3.05, 3.63) is 82.4 Å². The molecule has 0 fully saturated rings. The second-order valence-electron chi connectivity index (χ2n) is 7.95. The molecule has 1 amide bonds. The van der Waals surface area contributed by atoms with Gasteiger partial charge in [0.05, 0.1) is 5.52 Å². The lowest BCUT2D eigenvalue weighted by atomic mass is 10.00. The summed E-state index contributed by atoms with van der Waals surface area (Å²) in [5.41, 5.74) is 13.7. The van der Waals surface area contributed by atoms with Gasteiger partial charge in [-0.05, 0) is 60.2 Å². The molecule has 3 aromatic carbocycles. The van der Waals surface area contributed by atoms with Crippen molar-refractivity contribution < 1.29 is 4.79 Å². The van der Waals surface area contributed by atoms with E-state index in [-0.39, 0.29) is 5.91 Å². The Morgan fingerprint density at radius 3 is 2.29 bits per heavy atom. The predicted molar refractivity (Wildman–Crippen MR) is 117 cm³/mol. The maximum Gasteiger partial charge on any atom is 0.249 e. The van der Waals surface area contributed by atoms with Crippen LogP contribution < -0.4 is 5.73 Å². The van der Waals surface area contributed by atoms with Crippen LogP contribution in [0, 0.1) is 13.8 Å². The van der Waals surface area contributed by atoms with Crippen LogP contribution in [-0.2, 0) is 6.54 Å². The lowest BCUT2D eigenvalue weighted by Crippen LogP contribution is -2.11. The van der Waals surface area contributed by atoms with E-state index in [1.165, 1.54) is 22.3 Å². The Hall–Kier alpha value is -3.07. The molecule has 3 heteroatoms. The number of aromatic nitrogens is 1. The van der Waals surface area contributed by atoms with Crippen LogP contribution in [0.4, 0.5) is 0 Å². The molecule has 1 aromatic heterocycles. The first kappa shape index (κ1) is 18.3. The topological polar surface area (TPSA) is 48.0 Å². The number of benzene rings is 3. The van der Waals surface area contributed by atoms with Crippen LogP contribution in [0.5, 0.6) is 0 Å². The van der Waals surface area contributed by atoms with Gasteiger partial charge < -0.3 is 10.3 Å². The molecule has 0 saturated heterocycles. The molecule has 28 heavy (non-hydrogen) atoms. The molecule has 4 rings (SSSR count). The van der Waals surface area contributed by atoms with Gasteiger partial charge in [-0.25, -0.2) is 0 Å². The first-order valence-electron chi connectivity index (χ1n) is 9.78. The standard InChI is InChI=1S/C25H26N2O/c1-15(2)18-11-12-19-23(13-18)27(14-21-16(3)7-5-8-17(21)4)22-10-6-9-20(24(19)22)25(26)28/h5-13,15H,14H2,1-4H3,(H2,26,28). The largest absolute Gasteiger partial charge is 0.366 e. The van der Waals surface area contributed by atoms with Gasteiger partial charge in [-0.2, -0.15) is 0 Å². The average molecular weight is 370 g/mol. The molecule has 1 heterocycles. The molecule has 0 radical (unpaired) electrons. The van der Waals surface area contributed by atoms with Crippen molar-refractivity contribution in [2.75, 3.05) is 0 Å². The zero-order chi connectivity index (χ0) is 20.0. The summed E-state index contributed by atoms with van der Waals surface area (Å²) < 4.78 is 2.33. The Morgan fingerprint density at radius 2 is 1.64 bits per heavy atom. The highest BCUT2D eigenvalue weighted by molar-refractivity contribution is 6.18. The smallest absolute Gasteiger partial charge is 0.249 e. The third-order valence-corrected chi connectivity index (χ3v) is 5.81. The molecule has 0 unspecified atom stereocenters. The molecule has 142 valence electrons. The molecule has 2 N–H and O–H groups in total. The fraction of sp³-hybridized carbons (Fsp3) is 0.240. The van der Waals surface area contributed by atoms with Crippen molar-refractivity contribution in [3.8, 4) is 0 Å². The van der Waals surface area contributed by atoms with Gasteiger partial charge in [0.15, 0.2) is 0 Å². The number of aryl methyl sites for hydroxylation is 2. The third kappa shape index (κ3) is 2.88. The van der Waals surface area contributed by atoms with Crippen LogP contribution in [0.3, 0.4) is 0 Å². The SMILES string of the molecule is Cc1cccc(C)c1Cn1c2cc(C(C)C)ccc2c2c(C(N)=O)cccc21. The van der Waals surface area contributed by atoms with Gasteiger partial charge in [0.1, 0.15) is 0 Å². The van der Waals surface area contributed by atoms with Gasteiger partial charge in [0, 0.05) is 28.4 Å². The summed E-state index contributed by atoms with van der Waals surface area (Å²) in [5.74, 6) is 0.0522. The van der Waals surface area contributed by atoms with Crippen molar-refractivity contribution in [1.29, 1.82) is 0 Å². The lowest BCUT2D eigenvalue weighted by Gasteiger charge is -2.14. The summed E-state index contributed by atoms with van der Waals surface area (Å²) in [6.45, 7) is 9.49. The number of fused-ring (bicyclic) bond motifs is 3. The number of amides is 1. The molecule has 0 saturated carbocycles. The molecule has 0 spiro atoms. The fourth-order valence-corrected chi connectivity index (χ4v) is 4.15. The van der Waals surface area contributed by atoms with E-state index in [4.69, 9.17) is 5.73 Å². The van der Waals surface area contributed by atoms with E-state index in [1.807, 2.05) is 12.1 Å². The summed E-state index contributed by atoms with van der Waals surface area (Å²) in [6, 6.07) is 18.8. The van der Waals surface area contributed by atoms with Gasteiger partial charge in [0.25, 0.3) is 0 Å². The average Bonchev–Trinajstić information content (AvgIpc) is 2.97. The van der Waals surface area contributed by atoms with E-state index in [0.29, 0.717) is 11.5 Å². The number of carbonyl (C=O) groups is 1. The van der Waals surface area contributed by atoms with Crippen molar-refractivity contribution in [2.24, 2.45) is 5.73 Å². The van der Waals surface area contributed by atoms with Crippen LogP contribution in [-0.4, -0.2) is 10.5 Å². The Labute approximate surface area is 165 Å². The molecule has 0 bridgehead atoms. The normalized spacial score (nSPS) is 11.6. The van der Waals surface area contributed by atoms with E-state index in [9.17, 15) is 4.79 Å². The Morgan fingerprint density at radius 1 is 0.964 bits per heavy atom. The second-order valence-corrected chi connectivity index (χ2v) is 7.95. The van der Waals surface area contributed by atoms with Gasteiger partial charge >= 0.3 is 0 Å². The van der Waals surface area contributed by atoms with E-state index < -0.39 is 0 Å². The van der Waals surface area contributed by atoms with E-state index in [0.717, 1.165) is 28.4 Å². The molecule has 0 aliphatic heterocycles. The number of primary amides is 1. The summed E-state index contributed by atoms with van der Waals surface area (Å²) in [4.78, 5) is 12.1. The van der Waals surface area contributed by atoms with E-state index >= 15 is 0 Å². The minimum atomic E-state index is -0.385. The minimum absolute atomic E-state index is 0.385. The zero-order valence-corrected chi connectivity index (χ0v) is 16.9. The van der Waals surface area contributed by atoms with Crippen LogP contribution in [0.2, 0.25) is 0 Å². The maximum absolute atomic E-state index is 12.1. The van der Waals surface area contributed by atoms with Gasteiger partial charge in [0.2, 0.25) is 5.91 Å². The first-order chi connectivity index (χ1) is 13.4. The highest BCUT2D eigenvalue weighted by Gasteiger charge is 2.18. The van der Waals surface area contributed by atoms with Crippen molar-refractivity contribution in [3.63, 3.8) is 0 Å². The van der Waals surface area contributed by atoms with Gasteiger partial charge in [-0.3, -0.25) is 4.79 Å². The van der Waals surface area contributed by atoms with Crippen LogP contribution in [0.25, 0.3) is 21.8 Å². The van der Waals surface area contributed by atoms with Gasteiger partial charge in [-0.15, -0.1) is 0 Å². The summed E-state index contributed by atoms with van der Waals surface area (Å²) >= 11 is 0. The highest BCUT2D eigenvalue weighted by Crippen LogP contribution is 2.34. The number of hydrogen-bond acceptors (Lipinski definition) is 1. The highest BCUT2D eigenvalue weighted by atomic mass is 16.1. The van der Waals surface area contributed by atoms with Crippen LogP contribution in [0.1, 0.15) is 52.4 Å². The number of carbonyl (C=O) groups excluding carboxylic acids is 1. The summed E-state index contributed by atoms with van der Waals surface area (Å²) in [7, 11) is 0. The van der Waals surface area contributed by atoms with Crippen LogP contribution >= 0.6 is 0 Å².